The van der Waals surface area contributed by atoms with E-state index in [1.165, 1.54) is 38.5 Å². The van der Waals surface area contributed by atoms with E-state index < -0.39 is 0 Å². The Morgan fingerprint density at radius 3 is 0.875 bits per heavy atom. The zero-order chi connectivity index (χ0) is 21.6. The molecule has 2 heterocycles. The van der Waals surface area contributed by atoms with Crippen LogP contribution in [0.4, 0.5) is 0 Å². The molecule has 8 atom stereocenters. The normalized spacial score (nSPS) is 45.0. The molecule has 0 aromatic heterocycles. The van der Waals surface area contributed by atoms with Crippen LogP contribution in [0.5, 0.6) is 0 Å². The van der Waals surface area contributed by atoms with Gasteiger partial charge in [-0.1, -0.05) is 0 Å². The van der Waals surface area contributed by atoms with Gasteiger partial charge >= 0.3 is 0 Å². The minimum Gasteiger partial charge on any atom is -0.377 e. The molecule has 184 valence electrons. The van der Waals surface area contributed by atoms with Crippen LogP contribution in [-0.4, -0.2) is 77.3 Å². The van der Waals surface area contributed by atoms with Crippen LogP contribution in [0.15, 0.2) is 0 Å². The van der Waals surface area contributed by atoms with E-state index in [0.29, 0.717) is 101 Å². The van der Waals surface area contributed by atoms with Crippen LogP contribution in [0.25, 0.3) is 0 Å². The van der Waals surface area contributed by atoms with E-state index in [1.54, 1.807) is 0 Å². The molecule has 6 nitrogen and oxygen atoms in total. The van der Waals surface area contributed by atoms with Gasteiger partial charge in [0.2, 0.25) is 0 Å². The first-order chi connectivity index (χ1) is 15.9. The molecule has 2 aliphatic heterocycles. The molecule has 4 saturated carbocycles. The van der Waals surface area contributed by atoms with Crippen molar-refractivity contribution in [3.8, 4) is 0 Å². The molecule has 8 bridgehead atoms. The molecule has 0 amide bonds. The van der Waals surface area contributed by atoms with E-state index in [2.05, 4.69) is 0 Å². The maximum absolute atomic E-state index is 6.25. The topological polar surface area (TPSA) is 55.4 Å². The van der Waals surface area contributed by atoms with Gasteiger partial charge in [-0.25, -0.2) is 0 Å². The maximum Gasteiger partial charge on any atom is 0.0704 e. The summed E-state index contributed by atoms with van der Waals surface area (Å²) in [7, 11) is 0. The molecule has 0 spiro atoms. The van der Waals surface area contributed by atoms with Gasteiger partial charge in [-0.3, -0.25) is 0 Å². The number of rotatable bonds is 0. The van der Waals surface area contributed by atoms with Crippen molar-refractivity contribution < 1.29 is 28.4 Å². The van der Waals surface area contributed by atoms with Crippen LogP contribution in [0, 0.1) is 23.7 Å². The van der Waals surface area contributed by atoms with Crippen molar-refractivity contribution in [3.05, 3.63) is 0 Å². The van der Waals surface area contributed by atoms with Crippen molar-refractivity contribution >= 4 is 0 Å². The highest BCUT2D eigenvalue weighted by Crippen LogP contribution is 2.43. The van der Waals surface area contributed by atoms with Crippen LogP contribution in [0.3, 0.4) is 0 Å². The monoisotopic (exact) mass is 452 g/mol. The van der Waals surface area contributed by atoms with Gasteiger partial charge in [0.15, 0.2) is 0 Å². The van der Waals surface area contributed by atoms with Gasteiger partial charge in [0, 0.05) is 0 Å². The van der Waals surface area contributed by atoms with Crippen molar-refractivity contribution in [1.29, 1.82) is 0 Å². The molecule has 6 heteroatoms. The Hall–Kier alpha value is -0.240. The predicted molar refractivity (Wildman–Crippen MR) is 121 cm³/mol. The lowest BCUT2D eigenvalue weighted by Crippen LogP contribution is -2.42. The van der Waals surface area contributed by atoms with E-state index >= 15 is 0 Å². The summed E-state index contributed by atoms with van der Waals surface area (Å²) in [5, 5.41) is 0. The first kappa shape index (κ1) is 23.5. The van der Waals surface area contributed by atoms with Gasteiger partial charge in [-0.15, -0.1) is 0 Å². The standard InChI is InChI=1S/C26H44O6/c1-5-23-20-2-6-24(19(1)17-20)30-14-10-28-12-16-32-26-8-4-21-18-22(26)3-7-25(21)31-15-11-27-9-13-29-23/h19-26H,1-18H2/t19-,20-,21-,22-,23+,24+,25+,26+/m1/s1. The van der Waals surface area contributed by atoms with Crippen molar-refractivity contribution in [2.45, 2.75) is 88.6 Å². The largest absolute Gasteiger partial charge is 0.377 e. The summed E-state index contributed by atoms with van der Waals surface area (Å²) in [5.74, 6) is 2.78. The molecule has 6 rings (SSSR count). The Balaban J connectivity index is 1.11. The minimum absolute atomic E-state index is 0.409. The van der Waals surface area contributed by atoms with E-state index in [9.17, 15) is 0 Å². The molecule has 6 fully saturated rings. The fourth-order valence-electron chi connectivity index (χ4n) is 7.17. The summed E-state index contributed by atoms with van der Waals surface area (Å²) in [5.41, 5.74) is 0. The summed E-state index contributed by atoms with van der Waals surface area (Å²) in [4.78, 5) is 0. The number of ether oxygens (including phenoxy) is 6. The molecule has 0 aromatic rings. The van der Waals surface area contributed by atoms with Crippen LogP contribution < -0.4 is 0 Å². The van der Waals surface area contributed by atoms with Gasteiger partial charge in [-0.2, -0.15) is 0 Å². The molecule has 4 aliphatic carbocycles. The maximum atomic E-state index is 6.25. The van der Waals surface area contributed by atoms with Crippen LogP contribution >= 0.6 is 0 Å². The van der Waals surface area contributed by atoms with Gasteiger partial charge in [-0.05, 0) is 87.9 Å². The smallest absolute Gasteiger partial charge is 0.0704 e. The van der Waals surface area contributed by atoms with E-state index in [-0.39, 0.29) is 0 Å². The van der Waals surface area contributed by atoms with Gasteiger partial charge < -0.3 is 28.4 Å². The molecule has 6 aliphatic rings. The van der Waals surface area contributed by atoms with Crippen molar-refractivity contribution in [3.63, 3.8) is 0 Å². The van der Waals surface area contributed by atoms with Crippen LogP contribution in [0.1, 0.15) is 64.2 Å². The quantitative estimate of drug-likeness (QED) is 0.518. The first-order valence-corrected chi connectivity index (χ1v) is 13.5. The second-order valence-corrected chi connectivity index (χ2v) is 10.7. The Kier molecular flexibility index (Phi) is 8.77. The third-order valence-corrected chi connectivity index (χ3v) is 8.84. The van der Waals surface area contributed by atoms with Gasteiger partial charge in [0.05, 0.1) is 77.3 Å². The highest BCUT2D eigenvalue weighted by molar-refractivity contribution is 4.91. The lowest BCUT2D eigenvalue weighted by Gasteiger charge is -2.44. The van der Waals surface area contributed by atoms with Crippen molar-refractivity contribution in [1.82, 2.24) is 0 Å². The highest BCUT2D eigenvalue weighted by atomic mass is 16.6. The van der Waals surface area contributed by atoms with Crippen LogP contribution in [0.2, 0.25) is 0 Å². The molecular formula is C26H44O6. The molecule has 2 saturated heterocycles. The zero-order valence-corrected chi connectivity index (χ0v) is 19.8. The molecule has 0 aromatic carbocycles. The van der Waals surface area contributed by atoms with Crippen LogP contribution in [-0.2, 0) is 28.4 Å². The average molecular weight is 453 g/mol. The fraction of sp³-hybridized carbons (Fsp3) is 1.00. The molecule has 0 N–H and O–H groups in total. The second kappa shape index (κ2) is 11.9. The van der Waals surface area contributed by atoms with E-state index in [4.69, 9.17) is 28.4 Å². The predicted octanol–water partition coefficient (Wildman–Crippen LogP) is 3.99. The second-order valence-electron chi connectivity index (χ2n) is 10.7. The third kappa shape index (κ3) is 6.05. The average Bonchev–Trinajstić information content (AvgIpc) is 2.82. The summed E-state index contributed by atoms with van der Waals surface area (Å²) >= 11 is 0. The van der Waals surface area contributed by atoms with E-state index in [0.717, 1.165) is 25.7 Å². The highest BCUT2D eigenvalue weighted by Gasteiger charge is 2.40. The van der Waals surface area contributed by atoms with Gasteiger partial charge in [0.25, 0.3) is 0 Å². The third-order valence-electron chi connectivity index (χ3n) is 8.84. The lowest BCUT2D eigenvalue weighted by atomic mass is 9.69. The first-order valence-electron chi connectivity index (χ1n) is 13.5. The summed E-state index contributed by atoms with van der Waals surface area (Å²) in [6.07, 6.45) is 13.7. The summed E-state index contributed by atoms with van der Waals surface area (Å²) in [6.45, 7) is 5.54. The summed E-state index contributed by atoms with van der Waals surface area (Å²) in [6, 6.07) is 0. The number of hydrogen-bond acceptors (Lipinski definition) is 6. The van der Waals surface area contributed by atoms with E-state index in [1.807, 2.05) is 0 Å². The molecule has 0 unspecified atom stereocenters. The summed E-state index contributed by atoms with van der Waals surface area (Å²) < 4.78 is 36.7. The molecular weight excluding hydrogens is 408 g/mol. The Morgan fingerprint density at radius 2 is 0.594 bits per heavy atom. The van der Waals surface area contributed by atoms with Gasteiger partial charge in [0.1, 0.15) is 0 Å². The lowest BCUT2D eigenvalue weighted by molar-refractivity contribution is -0.120. The van der Waals surface area contributed by atoms with Crippen molar-refractivity contribution in [2.75, 3.05) is 52.9 Å². The fourth-order valence-corrected chi connectivity index (χ4v) is 7.17. The zero-order valence-electron chi connectivity index (χ0n) is 19.8. The molecule has 0 radical (unpaired) electrons. The minimum atomic E-state index is 0.409. The molecule has 32 heavy (non-hydrogen) atoms. The SMILES string of the molecule is C1CO[C@H]2CC[C@@H]3C[C@H]2CC[C@@H]3OCCOCCO[C@H]2CC[C@@H]3C[C@H]2CC[C@@H]3OCCO1. The Bertz CT molecular complexity index is 466. The Morgan fingerprint density at radius 1 is 0.312 bits per heavy atom. The number of fused-ring (bicyclic) bond motifs is 16. The Labute approximate surface area is 194 Å². The number of hydrogen-bond donors (Lipinski definition) is 0. The van der Waals surface area contributed by atoms with Crippen molar-refractivity contribution in [2.24, 2.45) is 23.7 Å².